The van der Waals surface area contributed by atoms with E-state index in [1.807, 2.05) is 20.9 Å². The van der Waals surface area contributed by atoms with Crippen LogP contribution in [0.1, 0.15) is 39.3 Å². The Morgan fingerprint density at radius 2 is 2.00 bits per heavy atom. The molecule has 0 aliphatic heterocycles. The molecule has 0 aromatic carbocycles. The van der Waals surface area contributed by atoms with Gasteiger partial charge in [0.15, 0.2) is 5.82 Å². The van der Waals surface area contributed by atoms with Crippen LogP contribution in [-0.4, -0.2) is 14.8 Å². The Labute approximate surface area is 85.5 Å². The first-order chi connectivity index (χ1) is 6.30. The molecular weight excluding hydrogens is 176 g/mol. The van der Waals surface area contributed by atoms with Gasteiger partial charge in [-0.05, 0) is 19.8 Å². The SMILES string of the molecule is CC(C)Cc1nc(C(C)(C)N)n(C)n1. The van der Waals surface area contributed by atoms with Crippen LogP contribution in [0.15, 0.2) is 0 Å². The smallest absolute Gasteiger partial charge is 0.151 e. The Morgan fingerprint density at radius 3 is 2.36 bits per heavy atom. The molecule has 0 radical (unpaired) electrons. The van der Waals surface area contributed by atoms with Crippen molar-refractivity contribution in [3.63, 3.8) is 0 Å². The first-order valence-corrected chi connectivity index (χ1v) is 5.00. The summed E-state index contributed by atoms with van der Waals surface area (Å²) in [6.07, 6.45) is 0.907. The molecule has 0 atom stereocenters. The van der Waals surface area contributed by atoms with Crippen molar-refractivity contribution in [2.75, 3.05) is 0 Å². The number of hydrogen-bond donors (Lipinski definition) is 1. The average Bonchev–Trinajstić information content (AvgIpc) is 2.27. The van der Waals surface area contributed by atoms with Crippen LogP contribution in [0.2, 0.25) is 0 Å². The second-order valence-corrected chi connectivity index (χ2v) is 4.79. The molecule has 0 fully saturated rings. The number of aromatic nitrogens is 3. The molecule has 80 valence electrons. The minimum absolute atomic E-state index is 0.420. The van der Waals surface area contributed by atoms with E-state index in [4.69, 9.17) is 5.73 Å². The van der Waals surface area contributed by atoms with E-state index in [0.717, 1.165) is 18.1 Å². The summed E-state index contributed by atoms with van der Waals surface area (Å²) in [4.78, 5) is 4.45. The number of nitrogens with two attached hydrogens (primary N) is 1. The van der Waals surface area contributed by atoms with Crippen molar-refractivity contribution < 1.29 is 0 Å². The molecule has 0 saturated carbocycles. The molecule has 0 amide bonds. The fourth-order valence-electron chi connectivity index (χ4n) is 1.45. The minimum atomic E-state index is -0.420. The summed E-state index contributed by atoms with van der Waals surface area (Å²) in [7, 11) is 1.89. The topological polar surface area (TPSA) is 56.7 Å². The van der Waals surface area contributed by atoms with Crippen molar-refractivity contribution in [1.82, 2.24) is 14.8 Å². The molecule has 1 aromatic rings. The van der Waals surface area contributed by atoms with Gasteiger partial charge in [-0.3, -0.25) is 4.68 Å². The van der Waals surface area contributed by atoms with E-state index < -0.39 is 5.54 Å². The van der Waals surface area contributed by atoms with Gasteiger partial charge in [0, 0.05) is 13.5 Å². The van der Waals surface area contributed by atoms with Gasteiger partial charge in [-0.25, -0.2) is 4.98 Å². The predicted octanol–water partition coefficient (Wildman–Crippen LogP) is 1.21. The van der Waals surface area contributed by atoms with Gasteiger partial charge in [-0.15, -0.1) is 0 Å². The summed E-state index contributed by atoms with van der Waals surface area (Å²) in [6.45, 7) is 8.19. The lowest BCUT2D eigenvalue weighted by molar-refractivity contribution is 0.481. The lowest BCUT2D eigenvalue weighted by Gasteiger charge is -2.16. The Balaban J connectivity index is 2.94. The molecule has 0 spiro atoms. The summed E-state index contributed by atoms with van der Waals surface area (Å²) >= 11 is 0. The Bertz CT molecular complexity index is 306. The van der Waals surface area contributed by atoms with E-state index in [2.05, 4.69) is 23.9 Å². The first kappa shape index (κ1) is 11.2. The molecule has 2 N–H and O–H groups in total. The van der Waals surface area contributed by atoms with Crippen LogP contribution in [0, 0.1) is 5.92 Å². The molecule has 1 aromatic heterocycles. The zero-order valence-corrected chi connectivity index (χ0v) is 9.70. The number of nitrogens with zero attached hydrogens (tertiary/aromatic N) is 3. The van der Waals surface area contributed by atoms with Gasteiger partial charge in [0.1, 0.15) is 5.82 Å². The third-order valence-corrected chi connectivity index (χ3v) is 1.97. The zero-order valence-electron chi connectivity index (χ0n) is 9.70. The fraction of sp³-hybridized carbons (Fsp3) is 0.800. The van der Waals surface area contributed by atoms with E-state index in [-0.39, 0.29) is 0 Å². The van der Waals surface area contributed by atoms with E-state index >= 15 is 0 Å². The quantitative estimate of drug-likeness (QED) is 0.790. The van der Waals surface area contributed by atoms with Gasteiger partial charge in [0.25, 0.3) is 0 Å². The Hall–Kier alpha value is -0.900. The second kappa shape index (κ2) is 3.69. The molecule has 1 rings (SSSR count). The van der Waals surface area contributed by atoms with Crippen LogP contribution in [0.25, 0.3) is 0 Å². The van der Waals surface area contributed by atoms with Crippen LogP contribution >= 0.6 is 0 Å². The van der Waals surface area contributed by atoms with Crippen molar-refractivity contribution in [3.8, 4) is 0 Å². The van der Waals surface area contributed by atoms with Crippen molar-refractivity contribution in [2.45, 2.75) is 39.7 Å². The van der Waals surface area contributed by atoms with Crippen molar-refractivity contribution >= 4 is 0 Å². The summed E-state index contributed by atoms with van der Waals surface area (Å²) in [5.41, 5.74) is 5.56. The van der Waals surface area contributed by atoms with Crippen LogP contribution in [0.3, 0.4) is 0 Å². The van der Waals surface area contributed by atoms with E-state index in [1.54, 1.807) is 4.68 Å². The monoisotopic (exact) mass is 196 g/mol. The predicted molar refractivity (Wildman–Crippen MR) is 56.8 cm³/mol. The van der Waals surface area contributed by atoms with E-state index in [9.17, 15) is 0 Å². The van der Waals surface area contributed by atoms with Crippen molar-refractivity contribution in [1.29, 1.82) is 0 Å². The minimum Gasteiger partial charge on any atom is -0.319 e. The maximum atomic E-state index is 5.98. The molecule has 4 nitrogen and oxygen atoms in total. The first-order valence-electron chi connectivity index (χ1n) is 5.00. The van der Waals surface area contributed by atoms with Crippen LogP contribution in [-0.2, 0) is 19.0 Å². The highest BCUT2D eigenvalue weighted by molar-refractivity contribution is 5.03. The van der Waals surface area contributed by atoms with E-state index in [0.29, 0.717) is 5.92 Å². The summed E-state index contributed by atoms with van der Waals surface area (Å²) < 4.78 is 1.78. The molecule has 1 heterocycles. The zero-order chi connectivity index (χ0) is 10.9. The largest absolute Gasteiger partial charge is 0.319 e. The highest BCUT2D eigenvalue weighted by atomic mass is 15.3. The Morgan fingerprint density at radius 1 is 1.43 bits per heavy atom. The maximum Gasteiger partial charge on any atom is 0.151 e. The van der Waals surface area contributed by atoms with E-state index in [1.165, 1.54) is 0 Å². The molecule has 14 heavy (non-hydrogen) atoms. The summed E-state index contributed by atoms with van der Waals surface area (Å²) in [5.74, 6) is 2.30. The summed E-state index contributed by atoms with van der Waals surface area (Å²) in [5, 5.41) is 4.34. The lowest BCUT2D eigenvalue weighted by atomic mass is 10.1. The standard InChI is InChI=1S/C10H20N4/c1-7(2)6-8-12-9(10(3,4)11)14(5)13-8/h7H,6,11H2,1-5H3. The highest BCUT2D eigenvalue weighted by Crippen LogP contribution is 2.14. The third-order valence-electron chi connectivity index (χ3n) is 1.97. The van der Waals surface area contributed by atoms with Crippen LogP contribution in [0.5, 0.6) is 0 Å². The molecular formula is C10H20N4. The average molecular weight is 196 g/mol. The molecule has 0 bridgehead atoms. The van der Waals surface area contributed by atoms with Gasteiger partial charge >= 0.3 is 0 Å². The number of hydrogen-bond acceptors (Lipinski definition) is 3. The van der Waals surface area contributed by atoms with Gasteiger partial charge in [-0.1, -0.05) is 13.8 Å². The van der Waals surface area contributed by atoms with Gasteiger partial charge in [0.05, 0.1) is 5.54 Å². The Kier molecular flexibility index (Phi) is 2.95. The molecule has 0 saturated heterocycles. The molecule has 0 aliphatic carbocycles. The van der Waals surface area contributed by atoms with Gasteiger partial charge in [0.2, 0.25) is 0 Å². The second-order valence-electron chi connectivity index (χ2n) is 4.79. The van der Waals surface area contributed by atoms with Crippen molar-refractivity contribution in [3.05, 3.63) is 11.6 Å². The molecule has 0 unspecified atom stereocenters. The molecule has 0 aliphatic rings. The van der Waals surface area contributed by atoms with Crippen LogP contribution < -0.4 is 5.73 Å². The van der Waals surface area contributed by atoms with Gasteiger partial charge < -0.3 is 5.73 Å². The fourth-order valence-corrected chi connectivity index (χ4v) is 1.45. The lowest BCUT2D eigenvalue weighted by Crippen LogP contribution is -2.32. The van der Waals surface area contributed by atoms with Gasteiger partial charge in [-0.2, -0.15) is 5.10 Å². The number of aryl methyl sites for hydroxylation is 1. The van der Waals surface area contributed by atoms with Crippen LogP contribution in [0.4, 0.5) is 0 Å². The van der Waals surface area contributed by atoms with Crippen molar-refractivity contribution in [2.24, 2.45) is 18.7 Å². The molecule has 4 heteroatoms. The number of rotatable bonds is 3. The normalized spacial score (nSPS) is 12.5. The maximum absolute atomic E-state index is 5.98. The highest BCUT2D eigenvalue weighted by Gasteiger charge is 2.21. The summed E-state index contributed by atoms with van der Waals surface area (Å²) in [6, 6.07) is 0. The third kappa shape index (κ3) is 2.54.